The van der Waals surface area contributed by atoms with Gasteiger partial charge in [0.25, 0.3) is 0 Å². The highest BCUT2D eigenvalue weighted by molar-refractivity contribution is 7.99. The van der Waals surface area contributed by atoms with Crippen LogP contribution in [0, 0.1) is 6.92 Å². The summed E-state index contributed by atoms with van der Waals surface area (Å²) in [6, 6.07) is 1.88. The molecule has 2 N–H and O–H groups in total. The predicted octanol–water partition coefficient (Wildman–Crippen LogP) is 2.52. The lowest BCUT2D eigenvalue weighted by molar-refractivity contribution is 1.10. The molecule has 3 rings (SSSR count). The van der Waals surface area contributed by atoms with Gasteiger partial charge in [0.2, 0.25) is 0 Å². The predicted molar refractivity (Wildman–Crippen MR) is 72.7 cm³/mol. The van der Waals surface area contributed by atoms with Gasteiger partial charge in [-0.1, -0.05) is 11.8 Å². The SMILES string of the molecule is Cc1nsc2ncnc(Sc3ccncc3N)c12. The number of hydrogen-bond donors (Lipinski definition) is 1. The first kappa shape index (κ1) is 11.4. The van der Waals surface area contributed by atoms with E-state index in [1.54, 1.807) is 18.7 Å². The fourth-order valence-electron chi connectivity index (χ4n) is 1.56. The largest absolute Gasteiger partial charge is 0.397 e. The Kier molecular flexibility index (Phi) is 2.85. The van der Waals surface area contributed by atoms with E-state index >= 15 is 0 Å². The van der Waals surface area contributed by atoms with Crippen LogP contribution in [0.5, 0.6) is 0 Å². The van der Waals surface area contributed by atoms with Crippen molar-refractivity contribution in [3.63, 3.8) is 0 Å². The third kappa shape index (κ3) is 1.91. The Morgan fingerprint density at radius 2 is 2.22 bits per heavy atom. The van der Waals surface area contributed by atoms with Crippen LogP contribution in [0.1, 0.15) is 5.69 Å². The van der Waals surface area contributed by atoms with Gasteiger partial charge in [-0.25, -0.2) is 9.97 Å². The summed E-state index contributed by atoms with van der Waals surface area (Å²) in [5, 5.41) is 1.88. The van der Waals surface area contributed by atoms with E-state index in [-0.39, 0.29) is 0 Å². The van der Waals surface area contributed by atoms with Crippen LogP contribution >= 0.6 is 23.3 Å². The molecule has 0 atom stereocenters. The number of aryl methyl sites for hydroxylation is 1. The van der Waals surface area contributed by atoms with Crippen molar-refractivity contribution in [1.82, 2.24) is 19.3 Å². The van der Waals surface area contributed by atoms with E-state index in [0.29, 0.717) is 5.69 Å². The molecule has 3 heterocycles. The summed E-state index contributed by atoms with van der Waals surface area (Å²) >= 11 is 2.90. The molecule has 0 bridgehead atoms. The summed E-state index contributed by atoms with van der Waals surface area (Å²) in [4.78, 5) is 14.3. The number of fused-ring (bicyclic) bond motifs is 1. The molecule has 90 valence electrons. The summed E-state index contributed by atoms with van der Waals surface area (Å²) in [6.07, 6.45) is 4.91. The summed E-state index contributed by atoms with van der Waals surface area (Å²) in [5.74, 6) is 0. The van der Waals surface area contributed by atoms with Crippen LogP contribution in [0.4, 0.5) is 5.69 Å². The molecule has 0 aromatic carbocycles. The lowest BCUT2D eigenvalue weighted by Gasteiger charge is -2.04. The summed E-state index contributed by atoms with van der Waals surface area (Å²) in [5.41, 5.74) is 7.48. The Hall–Kier alpha value is -1.73. The van der Waals surface area contributed by atoms with Crippen LogP contribution in [0.3, 0.4) is 0 Å². The van der Waals surface area contributed by atoms with Gasteiger partial charge in [-0.2, -0.15) is 4.37 Å². The smallest absolute Gasteiger partial charge is 0.148 e. The van der Waals surface area contributed by atoms with Crippen molar-refractivity contribution < 1.29 is 0 Å². The van der Waals surface area contributed by atoms with E-state index in [1.807, 2.05) is 13.0 Å². The molecule has 0 saturated heterocycles. The zero-order valence-corrected chi connectivity index (χ0v) is 11.1. The van der Waals surface area contributed by atoms with Crippen molar-refractivity contribution in [1.29, 1.82) is 0 Å². The molecular weight excluding hydrogens is 266 g/mol. The minimum atomic E-state index is 0.648. The van der Waals surface area contributed by atoms with Crippen molar-refractivity contribution in [3.8, 4) is 0 Å². The van der Waals surface area contributed by atoms with Gasteiger partial charge in [-0.3, -0.25) is 4.98 Å². The van der Waals surface area contributed by atoms with E-state index in [9.17, 15) is 0 Å². The summed E-state index contributed by atoms with van der Waals surface area (Å²) < 4.78 is 4.30. The molecule has 0 spiro atoms. The van der Waals surface area contributed by atoms with Gasteiger partial charge in [0.1, 0.15) is 16.2 Å². The molecule has 18 heavy (non-hydrogen) atoms. The van der Waals surface area contributed by atoms with Crippen molar-refractivity contribution in [2.75, 3.05) is 5.73 Å². The van der Waals surface area contributed by atoms with Crippen LogP contribution in [0.2, 0.25) is 0 Å². The molecular formula is C11H9N5S2. The van der Waals surface area contributed by atoms with Gasteiger partial charge in [0.05, 0.1) is 23.0 Å². The van der Waals surface area contributed by atoms with E-state index in [2.05, 4.69) is 19.3 Å². The molecule has 7 heteroatoms. The highest BCUT2D eigenvalue weighted by atomic mass is 32.2. The van der Waals surface area contributed by atoms with Crippen LogP contribution in [-0.4, -0.2) is 19.3 Å². The van der Waals surface area contributed by atoms with Gasteiger partial charge in [-0.15, -0.1) is 0 Å². The minimum Gasteiger partial charge on any atom is -0.397 e. The normalized spacial score (nSPS) is 10.9. The number of aromatic nitrogens is 4. The van der Waals surface area contributed by atoms with Crippen molar-refractivity contribution in [2.45, 2.75) is 16.8 Å². The second-order valence-corrected chi connectivity index (χ2v) is 5.43. The monoisotopic (exact) mass is 275 g/mol. The van der Waals surface area contributed by atoms with Crippen LogP contribution < -0.4 is 5.73 Å². The lowest BCUT2D eigenvalue weighted by Crippen LogP contribution is -1.91. The molecule has 0 fully saturated rings. The van der Waals surface area contributed by atoms with Crippen molar-refractivity contribution in [2.24, 2.45) is 0 Å². The Balaban J connectivity index is 2.10. The number of hydrogen-bond acceptors (Lipinski definition) is 7. The molecule has 5 nitrogen and oxygen atoms in total. The first-order valence-electron chi connectivity index (χ1n) is 5.20. The van der Waals surface area contributed by atoms with E-state index in [4.69, 9.17) is 5.73 Å². The molecule has 0 unspecified atom stereocenters. The number of nitrogen functional groups attached to an aromatic ring is 1. The third-order valence-electron chi connectivity index (χ3n) is 2.43. The second-order valence-electron chi connectivity index (χ2n) is 3.64. The fourth-order valence-corrected chi connectivity index (χ4v) is 3.32. The van der Waals surface area contributed by atoms with Crippen LogP contribution in [-0.2, 0) is 0 Å². The van der Waals surface area contributed by atoms with Crippen LogP contribution in [0.25, 0.3) is 10.2 Å². The first-order valence-corrected chi connectivity index (χ1v) is 6.79. The van der Waals surface area contributed by atoms with Gasteiger partial charge in [0, 0.05) is 11.1 Å². The van der Waals surface area contributed by atoms with Gasteiger partial charge in [0.15, 0.2) is 0 Å². The Bertz CT molecular complexity index is 709. The molecule has 0 radical (unpaired) electrons. The first-order chi connectivity index (χ1) is 8.75. The van der Waals surface area contributed by atoms with Gasteiger partial charge in [-0.05, 0) is 24.5 Å². The maximum absolute atomic E-state index is 5.89. The lowest BCUT2D eigenvalue weighted by atomic mass is 10.3. The number of pyridine rings is 1. The molecule has 0 aliphatic heterocycles. The standard InChI is InChI=1S/C11H9N5S2/c1-6-9-10(14-5-15-11(9)18-16-6)17-8-2-3-13-4-7(8)12/h2-5H,12H2,1H3. The zero-order chi connectivity index (χ0) is 12.5. The highest BCUT2D eigenvalue weighted by Gasteiger charge is 2.12. The quantitative estimate of drug-likeness (QED) is 0.724. The maximum Gasteiger partial charge on any atom is 0.148 e. The molecule has 0 aliphatic rings. The number of nitrogens with two attached hydrogens (primary N) is 1. The number of nitrogens with zero attached hydrogens (tertiary/aromatic N) is 4. The second kappa shape index (κ2) is 4.51. The average molecular weight is 275 g/mol. The minimum absolute atomic E-state index is 0.648. The molecule has 3 aromatic rings. The summed E-state index contributed by atoms with van der Waals surface area (Å²) in [7, 11) is 0. The maximum atomic E-state index is 5.89. The molecule has 0 saturated carbocycles. The Morgan fingerprint density at radius 3 is 3.06 bits per heavy atom. The number of rotatable bonds is 2. The van der Waals surface area contributed by atoms with E-state index in [1.165, 1.54) is 23.3 Å². The van der Waals surface area contributed by atoms with E-state index in [0.717, 1.165) is 25.8 Å². The number of anilines is 1. The Labute approximate surface area is 112 Å². The summed E-state index contributed by atoms with van der Waals surface area (Å²) in [6.45, 7) is 1.96. The molecule has 0 amide bonds. The topological polar surface area (TPSA) is 77.6 Å². The molecule has 0 aliphatic carbocycles. The van der Waals surface area contributed by atoms with Crippen molar-refractivity contribution >= 4 is 39.2 Å². The van der Waals surface area contributed by atoms with E-state index < -0.39 is 0 Å². The average Bonchev–Trinajstić information content (AvgIpc) is 2.75. The van der Waals surface area contributed by atoms with Gasteiger partial charge >= 0.3 is 0 Å². The fraction of sp³-hybridized carbons (Fsp3) is 0.0909. The zero-order valence-electron chi connectivity index (χ0n) is 9.49. The molecule has 3 aromatic heterocycles. The Morgan fingerprint density at radius 1 is 1.33 bits per heavy atom. The van der Waals surface area contributed by atoms with Crippen LogP contribution in [0.15, 0.2) is 34.7 Å². The van der Waals surface area contributed by atoms with Crippen molar-refractivity contribution in [3.05, 3.63) is 30.5 Å². The van der Waals surface area contributed by atoms with Gasteiger partial charge < -0.3 is 5.73 Å². The highest BCUT2D eigenvalue weighted by Crippen LogP contribution is 2.35. The third-order valence-corrected chi connectivity index (χ3v) is 4.37.